The van der Waals surface area contributed by atoms with E-state index in [0.717, 1.165) is 18.4 Å². The number of hydrogen-bond acceptors (Lipinski definition) is 4. The predicted molar refractivity (Wildman–Crippen MR) is 99.9 cm³/mol. The Balaban J connectivity index is 1.58. The Morgan fingerprint density at radius 3 is 2.67 bits per heavy atom. The van der Waals surface area contributed by atoms with Crippen LogP contribution in [-0.4, -0.2) is 50.9 Å². The van der Waals surface area contributed by atoms with Crippen molar-refractivity contribution in [2.24, 2.45) is 0 Å². The number of aryl methyl sites for hydroxylation is 1. The van der Waals surface area contributed by atoms with E-state index in [0.29, 0.717) is 25.3 Å². The molecule has 1 saturated heterocycles. The van der Waals surface area contributed by atoms with Gasteiger partial charge in [-0.1, -0.05) is 19.1 Å². The monoisotopic (exact) mass is 371 g/mol. The maximum absolute atomic E-state index is 12.9. The number of benzene rings is 1. The number of aromatic carboxylic acids is 1. The van der Waals surface area contributed by atoms with Gasteiger partial charge in [-0.15, -0.1) is 0 Å². The van der Waals surface area contributed by atoms with Crippen LogP contribution < -0.4 is 4.74 Å². The highest BCUT2D eigenvalue weighted by molar-refractivity contribution is 5.86. The van der Waals surface area contributed by atoms with E-state index in [1.165, 1.54) is 6.20 Å². The summed E-state index contributed by atoms with van der Waals surface area (Å²) in [6, 6.07) is 7.82. The van der Waals surface area contributed by atoms with Gasteiger partial charge < -0.3 is 14.7 Å². The van der Waals surface area contributed by atoms with Crippen LogP contribution in [0.1, 0.15) is 48.1 Å². The van der Waals surface area contributed by atoms with E-state index in [-0.39, 0.29) is 17.5 Å². The number of piperidine rings is 1. The topological polar surface area (TPSA) is 84.7 Å². The average molecular weight is 371 g/mol. The molecule has 1 aromatic heterocycles. The van der Waals surface area contributed by atoms with Gasteiger partial charge in [-0.25, -0.2) is 4.79 Å². The molecule has 1 fully saturated rings. The molecule has 144 valence electrons. The number of hydrogen-bond donors (Lipinski definition) is 1. The summed E-state index contributed by atoms with van der Waals surface area (Å²) >= 11 is 0. The Hall–Kier alpha value is -2.83. The lowest BCUT2D eigenvalue weighted by atomic mass is 10.0. The van der Waals surface area contributed by atoms with Crippen LogP contribution in [0.5, 0.6) is 5.75 Å². The van der Waals surface area contributed by atoms with Crippen molar-refractivity contribution in [3.63, 3.8) is 0 Å². The minimum Gasteiger partial charge on any atom is -0.481 e. The first kappa shape index (κ1) is 18.9. The van der Waals surface area contributed by atoms with E-state index in [4.69, 9.17) is 9.84 Å². The largest absolute Gasteiger partial charge is 0.481 e. The fourth-order valence-corrected chi connectivity index (χ4v) is 3.36. The molecule has 1 aromatic carbocycles. The number of nitrogens with zero attached hydrogens (tertiary/aromatic N) is 3. The van der Waals surface area contributed by atoms with Crippen LogP contribution in [0.15, 0.2) is 36.7 Å². The molecule has 7 heteroatoms. The second-order valence-electron chi connectivity index (χ2n) is 6.90. The van der Waals surface area contributed by atoms with Crippen molar-refractivity contribution in [3.05, 3.63) is 47.8 Å². The second-order valence-corrected chi connectivity index (χ2v) is 6.90. The fraction of sp³-hybridized carbons (Fsp3) is 0.450. The zero-order valence-electron chi connectivity index (χ0n) is 15.7. The molecular formula is C20H25N3O4. The van der Waals surface area contributed by atoms with Crippen LogP contribution in [0.4, 0.5) is 0 Å². The summed E-state index contributed by atoms with van der Waals surface area (Å²) in [5, 5.41) is 13.2. The molecule has 3 rings (SSSR count). The summed E-state index contributed by atoms with van der Waals surface area (Å²) in [6.07, 6.45) is 4.52. The van der Waals surface area contributed by atoms with Gasteiger partial charge in [-0.05, 0) is 43.9 Å². The smallest absolute Gasteiger partial charge is 0.338 e. The SMILES string of the molecule is CCC(Oc1cccc(C)c1)C(=O)N1CCC(n2cc(C(=O)O)cn2)CC1. The third kappa shape index (κ3) is 4.48. The molecule has 0 radical (unpaired) electrons. The zero-order valence-corrected chi connectivity index (χ0v) is 15.7. The van der Waals surface area contributed by atoms with Crippen molar-refractivity contribution < 1.29 is 19.4 Å². The highest BCUT2D eigenvalue weighted by atomic mass is 16.5. The minimum atomic E-state index is -0.979. The molecule has 1 amide bonds. The highest BCUT2D eigenvalue weighted by Gasteiger charge is 2.29. The Bertz CT molecular complexity index is 809. The van der Waals surface area contributed by atoms with E-state index >= 15 is 0 Å². The maximum Gasteiger partial charge on any atom is 0.338 e. The molecule has 27 heavy (non-hydrogen) atoms. The second kappa shape index (κ2) is 8.24. The quantitative estimate of drug-likeness (QED) is 0.844. The van der Waals surface area contributed by atoms with Gasteiger partial charge in [0.1, 0.15) is 5.75 Å². The Morgan fingerprint density at radius 1 is 1.33 bits per heavy atom. The van der Waals surface area contributed by atoms with Crippen LogP contribution in [-0.2, 0) is 4.79 Å². The number of carboxylic acid groups (broad SMARTS) is 1. The predicted octanol–water partition coefficient (Wildman–Crippen LogP) is 2.91. The number of carbonyl (C=O) groups excluding carboxylic acids is 1. The number of likely N-dealkylation sites (tertiary alicyclic amines) is 1. The first-order chi connectivity index (χ1) is 13.0. The third-order valence-corrected chi connectivity index (χ3v) is 4.91. The zero-order chi connectivity index (χ0) is 19.4. The lowest BCUT2D eigenvalue weighted by Gasteiger charge is -2.34. The maximum atomic E-state index is 12.9. The minimum absolute atomic E-state index is 0.00384. The van der Waals surface area contributed by atoms with Crippen molar-refractivity contribution in [2.45, 2.75) is 45.3 Å². The summed E-state index contributed by atoms with van der Waals surface area (Å²) in [5.41, 5.74) is 1.28. The van der Waals surface area contributed by atoms with Gasteiger partial charge >= 0.3 is 5.97 Å². The molecule has 1 atom stereocenters. The fourth-order valence-electron chi connectivity index (χ4n) is 3.36. The molecule has 7 nitrogen and oxygen atoms in total. The van der Waals surface area contributed by atoms with Gasteiger partial charge in [0.2, 0.25) is 0 Å². The molecule has 1 N–H and O–H groups in total. The number of carboxylic acids is 1. The Labute approximate surface area is 158 Å². The van der Waals surface area contributed by atoms with E-state index < -0.39 is 12.1 Å². The molecule has 2 heterocycles. The van der Waals surface area contributed by atoms with Crippen molar-refractivity contribution in [2.75, 3.05) is 13.1 Å². The van der Waals surface area contributed by atoms with Crippen LogP contribution in [0.2, 0.25) is 0 Å². The van der Waals surface area contributed by atoms with Gasteiger partial charge in [0.05, 0.1) is 17.8 Å². The molecule has 1 aliphatic rings. The summed E-state index contributed by atoms with van der Waals surface area (Å²) in [4.78, 5) is 25.7. The molecule has 2 aromatic rings. The van der Waals surface area contributed by atoms with Gasteiger partial charge in [-0.2, -0.15) is 5.10 Å². The lowest BCUT2D eigenvalue weighted by molar-refractivity contribution is -0.140. The van der Waals surface area contributed by atoms with Gasteiger partial charge in [0.15, 0.2) is 6.10 Å². The summed E-state index contributed by atoms with van der Waals surface area (Å²) < 4.78 is 7.63. The van der Waals surface area contributed by atoms with Crippen molar-refractivity contribution >= 4 is 11.9 Å². The standard InChI is InChI=1S/C20H25N3O4/c1-3-18(27-17-6-4-5-14(2)11-17)19(24)22-9-7-16(8-10-22)23-13-15(12-21-23)20(25)26/h4-6,11-13,16,18H,3,7-10H2,1-2H3,(H,25,26). The first-order valence-corrected chi connectivity index (χ1v) is 9.27. The number of carbonyl (C=O) groups is 2. The van der Waals surface area contributed by atoms with Gasteiger partial charge in [0, 0.05) is 19.3 Å². The van der Waals surface area contributed by atoms with Gasteiger partial charge in [-0.3, -0.25) is 9.48 Å². The third-order valence-electron chi connectivity index (χ3n) is 4.91. The number of ether oxygens (including phenoxy) is 1. The molecule has 0 spiro atoms. The lowest BCUT2D eigenvalue weighted by Crippen LogP contribution is -2.46. The first-order valence-electron chi connectivity index (χ1n) is 9.27. The Kier molecular flexibility index (Phi) is 5.78. The van der Waals surface area contributed by atoms with Crippen LogP contribution in [0.25, 0.3) is 0 Å². The normalized spacial score (nSPS) is 16.1. The van der Waals surface area contributed by atoms with Crippen molar-refractivity contribution in [1.29, 1.82) is 0 Å². The Morgan fingerprint density at radius 2 is 2.07 bits per heavy atom. The number of aromatic nitrogens is 2. The van der Waals surface area contributed by atoms with Crippen molar-refractivity contribution in [3.8, 4) is 5.75 Å². The number of rotatable bonds is 6. The summed E-state index contributed by atoms with van der Waals surface area (Å²) in [5.74, 6) is -0.264. The summed E-state index contributed by atoms with van der Waals surface area (Å²) in [6.45, 7) is 5.16. The van der Waals surface area contributed by atoms with E-state index in [9.17, 15) is 9.59 Å². The molecule has 1 unspecified atom stereocenters. The van der Waals surface area contributed by atoms with Crippen LogP contribution in [0, 0.1) is 6.92 Å². The van der Waals surface area contributed by atoms with E-state index in [1.807, 2.05) is 43.0 Å². The van der Waals surface area contributed by atoms with Crippen LogP contribution in [0.3, 0.4) is 0 Å². The van der Waals surface area contributed by atoms with Crippen LogP contribution >= 0.6 is 0 Å². The highest BCUT2D eigenvalue weighted by Crippen LogP contribution is 2.24. The molecule has 0 aliphatic carbocycles. The van der Waals surface area contributed by atoms with E-state index in [2.05, 4.69) is 5.10 Å². The molecule has 0 saturated carbocycles. The molecule has 1 aliphatic heterocycles. The number of amides is 1. The average Bonchev–Trinajstić information content (AvgIpc) is 3.16. The van der Waals surface area contributed by atoms with E-state index in [1.54, 1.807) is 10.9 Å². The molecule has 0 bridgehead atoms. The van der Waals surface area contributed by atoms with Gasteiger partial charge in [0.25, 0.3) is 5.91 Å². The van der Waals surface area contributed by atoms with Crippen molar-refractivity contribution in [1.82, 2.24) is 14.7 Å². The summed E-state index contributed by atoms with van der Waals surface area (Å²) in [7, 11) is 0. The molecular weight excluding hydrogens is 346 g/mol.